The number of amides is 1. The fourth-order valence-corrected chi connectivity index (χ4v) is 3.25. The van der Waals surface area contributed by atoms with Crippen LogP contribution in [-0.4, -0.2) is 60.2 Å². The average Bonchev–Trinajstić information content (AvgIpc) is 3.34. The second-order valence-electron chi connectivity index (χ2n) is 6.30. The number of hydrogen-bond donors (Lipinski definition) is 1. The molecule has 1 N–H and O–H groups in total. The summed E-state index contributed by atoms with van der Waals surface area (Å²) < 4.78 is 3.55. The van der Waals surface area contributed by atoms with Crippen molar-refractivity contribution in [1.82, 2.24) is 40.0 Å². The SMILES string of the molecule is Cn1ccnc1C1CNCCN1C(=O)Cc1ccc(-n2cnnn2)cc1. The van der Waals surface area contributed by atoms with Gasteiger partial charge in [-0.3, -0.25) is 4.79 Å². The summed E-state index contributed by atoms with van der Waals surface area (Å²) in [5.74, 6) is 1.01. The van der Waals surface area contributed by atoms with Gasteiger partial charge in [0.15, 0.2) is 0 Å². The molecule has 9 heteroatoms. The minimum atomic E-state index is -0.0447. The van der Waals surface area contributed by atoms with E-state index in [4.69, 9.17) is 0 Å². The number of nitrogens with one attached hydrogen (secondary N) is 1. The zero-order chi connectivity index (χ0) is 17.9. The number of tetrazole rings is 1. The van der Waals surface area contributed by atoms with E-state index in [1.165, 1.54) is 0 Å². The standard InChI is InChI=1S/C17H20N8O/c1-23-8-7-19-17(23)15-11-18-6-9-24(15)16(26)10-13-2-4-14(5-3-13)25-12-20-21-22-25/h2-5,7-8,12,15,18H,6,9-11H2,1H3. The molecular weight excluding hydrogens is 332 g/mol. The first-order valence-electron chi connectivity index (χ1n) is 8.52. The van der Waals surface area contributed by atoms with E-state index in [9.17, 15) is 4.79 Å². The van der Waals surface area contributed by atoms with E-state index in [2.05, 4.69) is 25.8 Å². The number of imidazole rings is 1. The maximum absolute atomic E-state index is 12.9. The number of carbonyl (C=O) groups excluding carboxylic acids is 1. The molecule has 0 saturated carbocycles. The molecule has 0 radical (unpaired) electrons. The third-order valence-corrected chi connectivity index (χ3v) is 4.63. The molecule has 1 fully saturated rings. The highest BCUT2D eigenvalue weighted by atomic mass is 16.2. The van der Waals surface area contributed by atoms with Crippen LogP contribution in [-0.2, 0) is 18.3 Å². The topological polar surface area (TPSA) is 93.8 Å². The lowest BCUT2D eigenvalue weighted by Crippen LogP contribution is -2.49. The zero-order valence-corrected chi connectivity index (χ0v) is 14.5. The molecule has 1 amide bonds. The van der Waals surface area contributed by atoms with Crippen molar-refractivity contribution in [3.63, 3.8) is 0 Å². The molecule has 1 aromatic carbocycles. The lowest BCUT2D eigenvalue weighted by atomic mass is 10.1. The fraction of sp³-hybridized carbons (Fsp3) is 0.353. The maximum atomic E-state index is 12.9. The van der Waals surface area contributed by atoms with Crippen molar-refractivity contribution in [3.05, 3.63) is 54.4 Å². The Balaban J connectivity index is 1.48. The summed E-state index contributed by atoms with van der Waals surface area (Å²) in [5, 5.41) is 14.5. The highest BCUT2D eigenvalue weighted by molar-refractivity contribution is 5.79. The average molecular weight is 352 g/mol. The second-order valence-corrected chi connectivity index (χ2v) is 6.30. The Morgan fingerprint density at radius 1 is 1.31 bits per heavy atom. The van der Waals surface area contributed by atoms with Crippen molar-refractivity contribution < 1.29 is 4.79 Å². The maximum Gasteiger partial charge on any atom is 0.227 e. The van der Waals surface area contributed by atoms with Gasteiger partial charge in [-0.15, -0.1) is 5.10 Å². The van der Waals surface area contributed by atoms with E-state index in [0.717, 1.165) is 30.2 Å². The lowest BCUT2D eigenvalue weighted by Gasteiger charge is -2.35. The molecular formula is C17H20N8O. The van der Waals surface area contributed by atoms with Gasteiger partial charge in [0, 0.05) is 39.1 Å². The van der Waals surface area contributed by atoms with Crippen LogP contribution >= 0.6 is 0 Å². The molecule has 3 heterocycles. The van der Waals surface area contributed by atoms with Crippen LogP contribution in [0.2, 0.25) is 0 Å². The molecule has 2 aromatic heterocycles. The van der Waals surface area contributed by atoms with Crippen molar-refractivity contribution in [3.8, 4) is 5.69 Å². The first-order valence-corrected chi connectivity index (χ1v) is 8.52. The second kappa shape index (κ2) is 7.04. The summed E-state index contributed by atoms with van der Waals surface area (Å²) in [6, 6.07) is 7.65. The van der Waals surface area contributed by atoms with Gasteiger partial charge in [0.05, 0.1) is 12.1 Å². The molecule has 1 unspecified atom stereocenters. The molecule has 26 heavy (non-hydrogen) atoms. The number of rotatable bonds is 4. The quantitative estimate of drug-likeness (QED) is 0.716. The summed E-state index contributed by atoms with van der Waals surface area (Å²) in [7, 11) is 1.96. The number of aryl methyl sites for hydroxylation is 1. The minimum Gasteiger partial charge on any atom is -0.336 e. The van der Waals surface area contributed by atoms with E-state index < -0.39 is 0 Å². The Labute approximate surface area is 150 Å². The summed E-state index contributed by atoms with van der Waals surface area (Å²) >= 11 is 0. The molecule has 1 aliphatic heterocycles. The van der Waals surface area contributed by atoms with E-state index in [0.29, 0.717) is 13.0 Å². The van der Waals surface area contributed by atoms with Gasteiger partial charge in [-0.25, -0.2) is 9.67 Å². The number of benzene rings is 1. The van der Waals surface area contributed by atoms with Crippen LogP contribution in [0.3, 0.4) is 0 Å². The Morgan fingerprint density at radius 2 is 2.15 bits per heavy atom. The summed E-state index contributed by atoms with van der Waals surface area (Å²) in [4.78, 5) is 19.3. The number of piperazine rings is 1. The summed E-state index contributed by atoms with van der Waals surface area (Å²) in [6.07, 6.45) is 5.57. The van der Waals surface area contributed by atoms with Crippen LogP contribution in [0.1, 0.15) is 17.4 Å². The van der Waals surface area contributed by atoms with Crippen molar-refractivity contribution in [1.29, 1.82) is 0 Å². The van der Waals surface area contributed by atoms with Crippen LogP contribution in [0.25, 0.3) is 5.69 Å². The van der Waals surface area contributed by atoms with E-state index >= 15 is 0 Å². The fourth-order valence-electron chi connectivity index (χ4n) is 3.25. The third-order valence-electron chi connectivity index (χ3n) is 4.63. The smallest absolute Gasteiger partial charge is 0.227 e. The van der Waals surface area contributed by atoms with Gasteiger partial charge in [-0.1, -0.05) is 12.1 Å². The molecule has 134 valence electrons. The lowest BCUT2D eigenvalue weighted by molar-refractivity contribution is -0.134. The van der Waals surface area contributed by atoms with E-state index in [-0.39, 0.29) is 11.9 Å². The molecule has 9 nitrogen and oxygen atoms in total. The van der Waals surface area contributed by atoms with Crippen molar-refractivity contribution in [2.24, 2.45) is 7.05 Å². The van der Waals surface area contributed by atoms with Gasteiger partial charge in [0.2, 0.25) is 5.91 Å². The van der Waals surface area contributed by atoms with Gasteiger partial charge in [-0.05, 0) is 28.1 Å². The predicted molar refractivity (Wildman–Crippen MR) is 93.4 cm³/mol. The van der Waals surface area contributed by atoms with Crippen LogP contribution in [0.15, 0.2) is 43.0 Å². The summed E-state index contributed by atoms with van der Waals surface area (Å²) in [6.45, 7) is 2.19. The van der Waals surface area contributed by atoms with E-state index in [1.54, 1.807) is 17.2 Å². The monoisotopic (exact) mass is 352 g/mol. The molecule has 0 aliphatic carbocycles. The summed E-state index contributed by atoms with van der Waals surface area (Å²) in [5.41, 5.74) is 1.82. The van der Waals surface area contributed by atoms with Gasteiger partial charge in [0.1, 0.15) is 18.2 Å². The van der Waals surface area contributed by atoms with Crippen LogP contribution in [0, 0.1) is 0 Å². The number of hydrogen-bond acceptors (Lipinski definition) is 6. The molecule has 4 rings (SSSR count). The van der Waals surface area contributed by atoms with E-state index in [1.807, 2.05) is 47.0 Å². The van der Waals surface area contributed by atoms with Crippen LogP contribution in [0.4, 0.5) is 0 Å². The predicted octanol–water partition coefficient (Wildman–Crippen LogP) is 0.111. The zero-order valence-electron chi connectivity index (χ0n) is 14.5. The Morgan fingerprint density at radius 3 is 2.85 bits per heavy atom. The Hall–Kier alpha value is -3.07. The van der Waals surface area contributed by atoms with Gasteiger partial charge < -0.3 is 14.8 Å². The highest BCUT2D eigenvalue weighted by Gasteiger charge is 2.30. The van der Waals surface area contributed by atoms with Crippen LogP contribution < -0.4 is 5.32 Å². The molecule has 0 spiro atoms. The normalized spacial score (nSPS) is 17.4. The first kappa shape index (κ1) is 16.4. The van der Waals surface area contributed by atoms with Gasteiger partial charge in [0.25, 0.3) is 0 Å². The number of nitrogens with zero attached hydrogens (tertiary/aromatic N) is 7. The third kappa shape index (κ3) is 3.21. The van der Waals surface area contributed by atoms with Crippen molar-refractivity contribution in [2.75, 3.05) is 19.6 Å². The largest absolute Gasteiger partial charge is 0.336 e. The minimum absolute atomic E-state index is 0.0447. The molecule has 1 atom stereocenters. The Bertz CT molecular complexity index is 871. The Kier molecular flexibility index (Phi) is 4.44. The van der Waals surface area contributed by atoms with Gasteiger partial charge in [-0.2, -0.15) is 0 Å². The van der Waals surface area contributed by atoms with Crippen LogP contribution in [0.5, 0.6) is 0 Å². The van der Waals surface area contributed by atoms with Gasteiger partial charge >= 0.3 is 0 Å². The highest BCUT2D eigenvalue weighted by Crippen LogP contribution is 2.21. The number of aromatic nitrogens is 6. The van der Waals surface area contributed by atoms with Crippen molar-refractivity contribution >= 4 is 5.91 Å². The van der Waals surface area contributed by atoms with Crippen molar-refractivity contribution in [2.45, 2.75) is 12.5 Å². The molecule has 0 bridgehead atoms. The molecule has 3 aromatic rings. The first-order chi connectivity index (χ1) is 12.7. The molecule has 1 aliphatic rings. The number of carbonyl (C=O) groups is 1. The molecule has 1 saturated heterocycles.